The summed E-state index contributed by atoms with van der Waals surface area (Å²) in [4.78, 5) is 0. The van der Waals surface area contributed by atoms with E-state index in [1.807, 2.05) is 6.92 Å². The van der Waals surface area contributed by atoms with Gasteiger partial charge in [-0.2, -0.15) is 0 Å². The summed E-state index contributed by atoms with van der Waals surface area (Å²) in [7, 11) is -1.31. The van der Waals surface area contributed by atoms with Gasteiger partial charge in [0, 0.05) is 26.2 Å². The normalized spacial score (nSPS) is 20.1. The number of nitrogens with zero attached hydrogens (tertiary/aromatic N) is 1. The number of sulfonamides is 1. The fraction of sp³-hybridized carbons (Fsp3) is 1.00. The minimum atomic E-state index is -3.07. The fourth-order valence-corrected chi connectivity index (χ4v) is 3.36. The van der Waals surface area contributed by atoms with E-state index in [2.05, 4.69) is 5.32 Å². The topological polar surface area (TPSA) is 58.6 Å². The molecule has 0 aliphatic carbocycles. The van der Waals surface area contributed by atoms with E-state index in [4.69, 9.17) is 4.74 Å². The van der Waals surface area contributed by atoms with Crippen LogP contribution < -0.4 is 5.32 Å². The Bertz CT molecular complexity index is 284. The lowest BCUT2D eigenvalue weighted by Gasteiger charge is -2.30. The van der Waals surface area contributed by atoms with Crippen LogP contribution in [-0.2, 0) is 14.8 Å². The van der Waals surface area contributed by atoms with Crippen molar-refractivity contribution >= 4 is 10.0 Å². The molecule has 1 saturated heterocycles. The van der Waals surface area contributed by atoms with Gasteiger partial charge in [-0.1, -0.05) is 0 Å². The molecule has 1 N–H and O–H groups in total. The van der Waals surface area contributed by atoms with E-state index in [9.17, 15) is 8.42 Å². The van der Waals surface area contributed by atoms with Gasteiger partial charge in [0.05, 0.1) is 11.9 Å². The minimum absolute atomic E-state index is 0.183. The van der Waals surface area contributed by atoms with E-state index < -0.39 is 10.0 Å². The Kier molecular flexibility index (Phi) is 5.68. The first-order chi connectivity index (χ1) is 7.60. The second-order valence-corrected chi connectivity index (χ2v) is 6.06. The first-order valence-corrected chi connectivity index (χ1v) is 7.45. The van der Waals surface area contributed by atoms with Crippen molar-refractivity contribution in [1.82, 2.24) is 9.62 Å². The summed E-state index contributed by atoms with van der Waals surface area (Å²) in [5.41, 5.74) is 0. The molecule has 0 bridgehead atoms. The van der Waals surface area contributed by atoms with Crippen LogP contribution in [0.2, 0.25) is 0 Å². The van der Waals surface area contributed by atoms with Crippen molar-refractivity contribution in [3.63, 3.8) is 0 Å². The zero-order chi connectivity index (χ0) is 12.0. The monoisotopic (exact) mass is 250 g/mol. The maximum Gasteiger partial charge on any atom is 0.215 e. The van der Waals surface area contributed by atoms with Crippen LogP contribution in [0.15, 0.2) is 0 Å². The van der Waals surface area contributed by atoms with Crippen molar-refractivity contribution in [2.75, 3.05) is 39.0 Å². The summed E-state index contributed by atoms with van der Waals surface area (Å²) in [5, 5.41) is 2.86. The summed E-state index contributed by atoms with van der Waals surface area (Å²) in [6.07, 6.45) is 1.86. The summed E-state index contributed by atoms with van der Waals surface area (Å²) in [6, 6.07) is 0. The van der Waals surface area contributed by atoms with Crippen molar-refractivity contribution in [2.45, 2.75) is 25.9 Å². The molecule has 1 heterocycles. The van der Waals surface area contributed by atoms with Crippen LogP contribution in [0.3, 0.4) is 0 Å². The Morgan fingerprint density at radius 3 is 2.50 bits per heavy atom. The molecule has 0 aromatic carbocycles. The van der Waals surface area contributed by atoms with Crippen molar-refractivity contribution in [3.05, 3.63) is 0 Å². The predicted molar refractivity (Wildman–Crippen MR) is 63.9 cm³/mol. The highest BCUT2D eigenvalue weighted by molar-refractivity contribution is 7.89. The molecule has 0 radical (unpaired) electrons. The lowest BCUT2D eigenvalue weighted by atomic mass is 10.1. The van der Waals surface area contributed by atoms with Crippen LogP contribution in [0, 0.1) is 0 Å². The first kappa shape index (κ1) is 13.9. The third kappa shape index (κ3) is 4.01. The smallest absolute Gasteiger partial charge is 0.215 e. The molecule has 0 saturated carbocycles. The third-order valence-electron chi connectivity index (χ3n) is 2.81. The van der Waals surface area contributed by atoms with Crippen LogP contribution in [0.5, 0.6) is 0 Å². The number of piperidine rings is 1. The second-order valence-electron chi connectivity index (χ2n) is 3.97. The van der Waals surface area contributed by atoms with Gasteiger partial charge >= 0.3 is 0 Å². The second kappa shape index (κ2) is 6.54. The van der Waals surface area contributed by atoms with Gasteiger partial charge in [0.1, 0.15) is 0 Å². The summed E-state index contributed by atoms with van der Waals surface area (Å²) in [5.74, 6) is 0.183. The highest BCUT2D eigenvalue weighted by atomic mass is 32.2. The van der Waals surface area contributed by atoms with Crippen LogP contribution >= 0.6 is 0 Å². The van der Waals surface area contributed by atoms with E-state index in [-0.39, 0.29) is 11.9 Å². The van der Waals surface area contributed by atoms with E-state index in [0.717, 1.165) is 12.8 Å². The molecule has 0 aromatic rings. The Labute approximate surface area is 98.2 Å². The van der Waals surface area contributed by atoms with Gasteiger partial charge in [-0.05, 0) is 26.8 Å². The number of rotatable bonds is 6. The van der Waals surface area contributed by atoms with Gasteiger partial charge in [-0.3, -0.25) is 0 Å². The molecule has 96 valence electrons. The molecule has 0 atom stereocenters. The van der Waals surface area contributed by atoms with E-state index in [1.54, 1.807) is 11.4 Å². The molecule has 16 heavy (non-hydrogen) atoms. The quantitative estimate of drug-likeness (QED) is 0.723. The largest absolute Gasteiger partial charge is 0.378 e. The minimum Gasteiger partial charge on any atom is -0.378 e. The SMILES string of the molecule is CCOC1CCN(S(=O)(=O)CCNC)CC1. The molecular weight excluding hydrogens is 228 g/mol. The lowest BCUT2D eigenvalue weighted by molar-refractivity contribution is 0.0290. The Balaban J connectivity index is 2.40. The molecule has 1 aliphatic rings. The van der Waals surface area contributed by atoms with Crippen molar-refractivity contribution < 1.29 is 13.2 Å². The molecule has 0 aromatic heterocycles. The molecule has 0 unspecified atom stereocenters. The fourth-order valence-electron chi connectivity index (χ4n) is 1.87. The van der Waals surface area contributed by atoms with Crippen LogP contribution in [-0.4, -0.2) is 57.9 Å². The van der Waals surface area contributed by atoms with Gasteiger partial charge < -0.3 is 10.1 Å². The Morgan fingerprint density at radius 1 is 1.38 bits per heavy atom. The number of hydrogen-bond acceptors (Lipinski definition) is 4. The lowest BCUT2D eigenvalue weighted by Crippen LogP contribution is -2.43. The van der Waals surface area contributed by atoms with Gasteiger partial charge in [0.25, 0.3) is 0 Å². The molecule has 1 aliphatic heterocycles. The van der Waals surface area contributed by atoms with Crippen molar-refractivity contribution in [2.24, 2.45) is 0 Å². The van der Waals surface area contributed by atoms with Crippen LogP contribution in [0.4, 0.5) is 0 Å². The third-order valence-corrected chi connectivity index (χ3v) is 4.68. The predicted octanol–water partition coefficient (Wildman–Crippen LogP) is 0.0365. The van der Waals surface area contributed by atoms with Crippen molar-refractivity contribution in [1.29, 1.82) is 0 Å². The van der Waals surface area contributed by atoms with E-state index >= 15 is 0 Å². The van der Waals surface area contributed by atoms with Crippen LogP contribution in [0.25, 0.3) is 0 Å². The zero-order valence-electron chi connectivity index (χ0n) is 10.1. The molecule has 6 heteroatoms. The molecule has 1 rings (SSSR count). The average Bonchev–Trinajstić information content (AvgIpc) is 2.28. The molecule has 0 spiro atoms. The summed E-state index contributed by atoms with van der Waals surface area (Å²) < 4.78 is 30.8. The van der Waals surface area contributed by atoms with Gasteiger partial charge in [-0.25, -0.2) is 12.7 Å². The highest BCUT2D eigenvalue weighted by Crippen LogP contribution is 2.16. The maximum absolute atomic E-state index is 11.9. The zero-order valence-corrected chi connectivity index (χ0v) is 10.9. The number of hydrogen-bond donors (Lipinski definition) is 1. The number of nitrogens with one attached hydrogen (secondary N) is 1. The molecular formula is C10H22N2O3S. The maximum atomic E-state index is 11.9. The van der Waals surface area contributed by atoms with Gasteiger partial charge in [0.15, 0.2) is 0 Å². The summed E-state index contributed by atoms with van der Waals surface area (Å²) >= 11 is 0. The molecule has 0 amide bonds. The van der Waals surface area contributed by atoms with Crippen LogP contribution in [0.1, 0.15) is 19.8 Å². The standard InChI is InChI=1S/C10H22N2O3S/c1-3-15-10-4-7-12(8-5-10)16(13,14)9-6-11-2/h10-11H,3-9H2,1-2H3. The van der Waals surface area contributed by atoms with Crippen molar-refractivity contribution in [3.8, 4) is 0 Å². The van der Waals surface area contributed by atoms with Gasteiger partial charge in [0.2, 0.25) is 10.0 Å². The summed E-state index contributed by atoms with van der Waals surface area (Å²) in [6.45, 7) is 4.37. The highest BCUT2D eigenvalue weighted by Gasteiger charge is 2.27. The van der Waals surface area contributed by atoms with E-state index in [1.165, 1.54) is 0 Å². The number of ether oxygens (including phenoxy) is 1. The van der Waals surface area contributed by atoms with E-state index in [0.29, 0.717) is 26.2 Å². The Hall–Kier alpha value is -0.170. The molecule has 1 fully saturated rings. The average molecular weight is 250 g/mol. The molecule has 5 nitrogen and oxygen atoms in total. The van der Waals surface area contributed by atoms with Gasteiger partial charge in [-0.15, -0.1) is 0 Å². The first-order valence-electron chi connectivity index (χ1n) is 5.84. The Morgan fingerprint density at radius 2 is 2.00 bits per heavy atom.